The third-order valence-corrected chi connectivity index (χ3v) is 5.21. The van der Waals surface area contributed by atoms with Gasteiger partial charge in [-0.25, -0.2) is 9.97 Å². The van der Waals surface area contributed by atoms with E-state index in [9.17, 15) is 9.59 Å². The van der Waals surface area contributed by atoms with E-state index in [1.165, 1.54) is 17.0 Å². The third kappa shape index (κ3) is 2.89. The molecule has 1 aliphatic rings. The van der Waals surface area contributed by atoms with Crippen molar-refractivity contribution in [1.82, 2.24) is 19.1 Å². The van der Waals surface area contributed by atoms with E-state index >= 15 is 0 Å². The molecule has 0 spiro atoms. The van der Waals surface area contributed by atoms with Crippen LogP contribution < -0.4 is 21.8 Å². The van der Waals surface area contributed by atoms with Gasteiger partial charge >= 0.3 is 11.1 Å². The number of nitrogens with two attached hydrogens (primary N) is 1. The number of benzene rings is 1. The maximum absolute atomic E-state index is 12.7. The smallest absolute Gasteiger partial charge is 0.317 e. The number of aryl methyl sites for hydroxylation is 1. The number of rotatable bonds is 2. The van der Waals surface area contributed by atoms with Gasteiger partial charge in [0.1, 0.15) is 6.07 Å². The van der Waals surface area contributed by atoms with E-state index in [1.807, 2.05) is 11.0 Å². The molecule has 0 bridgehead atoms. The Morgan fingerprint density at radius 1 is 1.11 bits per heavy atom. The first-order valence-electron chi connectivity index (χ1n) is 8.97. The van der Waals surface area contributed by atoms with Gasteiger partial charge in [0.15, 0.2) is 0 Å². The van der Waals surface area contributed by atoms with Gasteiger partial charge in [-0.05, 0) is 31.0 Å². The number of hydrogen-bond donors (Lipinski definition) is 1. The molecule has 1 saturated heterocycles. The molecular formula is C19H19N7O2. The van der Waals surface area contributed by atoms with E-state index < -0.39 is 11.1 Å². The molecule has 0 atom stereocenters. The van der Waals surface area contributed by atoms with E-state index in [0.717, 1.165) is 0 Å². The molecule has 28 heavy (non-hydrogen) atoms. The molecular weight excluding hydrogens is 358 g/mol. The summed E-state index contributed by atoms with van der Waals surface area (Å²) in [6.07, 6.45) is 4.35. The van der Waals surface area contributed by atoms with Crippen molar-refractivity contribution in [2.24, 2.45) is 7.05 Å². The van der Waals surface area contributed by atoms with Crippen molar-refractivity contribution in [3.63, 3.8) is 0 Å². The Morgan fingerprint density at radius 2 is 1.79 bits per heavy atom. The van der Waals surface area contributed by atoms with Crippen LogP contribution in [0.2, 0.25) is 0 Å². The van der Waals surface area contributed by atoms with Crippen molar-refractivity contribution in [3.05, 3.63) is 56.9 Å². The van der Waals surface area contributed by atoms with Crippen LogP contribution in [0.15, 0.2) is 40.2 Å². The van der Waals surface area contributed by atoms with Gasteiger partial charge in [0.2, 0.25) is 5.95 Å². The lowest BCUT2D eigenvalue weighted by atomic mass is 10.0. The zero-order valence-corrected chi connectivity index (χ0v) is 15.4. The maximum atomic E-state index is 12.7. The number of nitriles is 1. The summed E-state index contributed by atoms with van der Waals surface area (Å²) in [6, 6.07) is 7.15. The molecule has 2 aromatic heterocycles. The Kier molecular flexibility index (Phi) is 4.31. The van der Waals surface area contributed by atoms with E-state index in [2.05, 4.69) is 9.97 Å². The molecule has 3 heterocycles. The predicted molar refractivity (Wildman–Crippen MR) is 105 cm³/mol. The number of nitrogens with zero attached hydrogens (tertiary/aromatic N) is 6. The zero-order valence-electron chi connectivity index (χ0n) is 15.4. The Balaban J connectivity index is 1.66. The maximum Gasteiger partial charge on any atom is 0.317 e. The highest BCUT2D eigenvalue weighted by atomic mass is 16.2. The molecule has 4 rings (SSSR count). The molecule has 2 N–H and O–H groups in total. The Labute approximate surface area is 160 Å². The highest BCUT2D eigenvalue weighted by molar-refractivity contribution is 5.79. The van der Waals surface area contributed by atoms with Crippen LogP contribution in [0.1, 0.15) is 24.4 Å². The van der Waals surface area contributed by atoms with Gasteiger partial charge in [0, 0.05) is 31.9 Å². The monoisotopic (exact) mass is 377 g/mol. The standard InChI is InChI=1S/C19H19N7O2/c1-24-16-8-13(21)2-3-15(16)26(18(28)17(24)27)14-4-6-25(7-5-14)19-22-10-12(9-20)11-23-19/h2-3,8,10-11,14H,4-7,21H2,1H3. The summed E-state index contributed by atoms with van der Waals surface area (Å²) in [5.74, 6) is 0.561. The lowest BCUT2D eigenvalue weighted by Gasteiger charge is -2.33. The highest BCUT2D eigenvalue weighted by Gasteiger charge is 2.25. The first-order chi connectivity index (χ1) is 13.5. The number of fused-ring (bicyclic) bond motifs is 1. The van der Waals surface area contributed by atoms with Gasteiger partial charge in [-0.1, -0.05) is 0 Å². The van der Waals surface area contributed by atoms with Gasteiger partial charge in [-0.3, -0.25) is 14.2 Å². The minimum absolute atomic E-state index is 0.0952. The molecule has 142 valence electrons. The fraction of sp³-hybridized carbons (Fsp3) is 0.316. The molecule has 9 heteroatoms. The van der Waals surface area contributed by atoms with Crippen LogP contribution in [0.4, 0.5) is 11.6 Å². The Hall–Kier alpha value is -3.67. The van der Waals surface area contributed by atoms with E-state index in [4.69, 9.17) is 11.0 Å². The topological polar surface area (TPSA) is 123 Å². The number of anilines is 2. The average Bonchev–Trinajstić information content (AvgIpc) is 2.73. The molecule has 1 aliphatic heterocycles. The molecule has 1 aromatic carbocycles. The number of nitrogen functional groups attached to an aromatic ring is 1. The summed E-state index contributed by atoms with van der Waals surface area (Å²) < 4.78 is 2.96. The van der Waals surface area contributed by atoms with Gasteiger partial charge in [-0.15, -0.1) is 0 Å². The summed E-state index contributed by atoms with van der Waals surface area (Å²) >= 11 is 0. The predicted octanol–water partition coefficient (Wildman–Crippen LogP) is 0.786. The second-order valence-electron chi connectivity index (χ2n) is 6.89. The number of piperidine rings is 1. The highest BCUT2D eigenvalue weighted by Crippen LogP contribution is 2.26. The second kappa shape index (κ2) is 6.81. The third-order valence-electron chi connectivity index (χ3n) is 5.21. The van der Waals surface area contributed by atoms with Crippen molar-refractivity contribution < 1.29 is 0 Å². The number of aromatic nitrogens is 4. The Morgan fingerprint density at radius 3 is 2.43 bits per heavy atom. The zero-order chi connectivity index (χ0) is 19.8. The Bertz CT molecular complexity index is 1200. The van der Waals surface area contributed by atoms with Crippen LogP contribution in [0, 0.1) is 11.3 Å². The van der Waals surface area contributed by atoms with Gasteiger partial charge in [0.25, 0.3) is 0 Å². The minimum Gasteiger partial charge on any atom is -0.399 e. The molecule has 0 aliphatic carbocycles. The molecule has 1 fully saturated rings. The normalized spacial score (nSPS) is 14.9. The first kappa shape index (κ1) is 17.7. The van der Waals surface area contributed by atoms with Crippen LogP contribution in [0.3, 0.4) is 0 Å². The summed E-state index contributed by atoms with van der Waals surface area (Å²) in [5, 5.41) is 8.86. The quantitative estimate of drug-likeness (QED) is 0.517. The molecule has 0 amide bonds. The summed E-state index contributed by atoms with van der Waals surface area (Å²) in [6.45, 7) is 1.30. The lowest BCUT2D eigenvalue weighted by Crippen LogP contribution is -2.45. The van der Waals surface area contributed by atoms with Crippen molar-refractivity contribution in [2.75, 3.05) is 23.7 Å². The van der Waals surface area contributed by atoms with Gasteiger partial charge < -0.3 is 15.2 Å². The average molecular weight is 377 g/mol. The summed E-state index contributed by atoms with van der Waals surface area (Å²) in [5.41, 5.74) is 7.09. The molecule has 0 radical (unpaired) electrons. The van der Waals surface area contributed by atoms with Crippen LogP contribution in [-0.4, -0.2) is 32.2 Å². The van der Waals surface area contributed by atoms with Crippen molar-refractivity contribution in [1.29, 1.82) is 5.26 Å². The SMILES string of the molecule is Cn1c(=O)c(=O)n(C2CCN(c3ncc(C#N)cn3)CC2)c2ccc(N)cc21. The molecule has 0 unspecified atom stereocenters. The van der Waals surface area contributed by atoms with Crippen molar-refractivity contribution in [3.8, 4) is 6.07 Å². The summed E-state index contributed by atoms with van der Waals surface area (Å²) in [4.78, 5) is 35.7. The molecule has 9 nitrogen and oxygen atoms in total. The minimum atomic E-state index is -0.559. The first-order valence-corrected chi connectivity index (χ1v) is 8.97. The molecule has 3 aromatic rings. The van der Waals surface area contributed by atoms with Gasteiger partial charge in [-0.2, -0.15) is 5.26 Å². The van der Waals surface area contributed by atoms with Crippen LogP contribution in [0.25, 0.3) is 11.0 Å². The summed E-state index contributed by atoms with van der Waals surface area (Å²) in [7, 11) is 1.58. The van der Waals surface area contributed by atoms with Crippen LogP contribution >= 0.6 is 0 Å². The van der Waals surface area contributed by atoms with E-state index in [0.29, 0.717) is 54.2 Å². The van der Waals surface area contributed by atoms with Gasteiger partial charge in [0.05, 0.1) is 29.0 Å². The fourth-order valence-electron chi connectivity index (χ4n) is 3.71. The molecule has 0 saturated carbocycles. The van der Waals surface area contributed by atoms with E-state index in [1.54, 1.807) is 29.8 Å². The lowest BCUT2D eigenvalue weighted by molar-refractivity contribution is 0.391. The van der Waals surface area contributed by atoms with Crippen LogP contribution in [-0.2, 0) is 7.05 Å². The van der Waals surface area contributed by atoms with Crippen molar-refractivity contribution in [2.45, 2.75) is 18.9 Å². The van der Waals surface area contributed by atoms with Crippen LogP contribution in [0.5, 0.6) is 0 Å². The fourth-order valence-corrected chi connectivity index (χ4v) is 3.71. The van der Waals surface area contributed by atoms with Crippen molar-refractivity contribution >= 4 is 22.7 Å². The van der Waals surface area contributed by atoms with E-state index in [-0.39, 0.29) is 6.04 Å². The second-order valence-corrected chi connectivity index (χ2v) is 6.89. The largest absolute Gasteiger partial charge is 0.399 e. The number of hydrogen-bond acceptors (Lipinski definition) is 7.